The average Bonchev–Trinajstić information content (AvgIpc) is 2.89. The molecule has 0 saturated heterocycles. The number of aliphatic hydroxyl groups excluding tert-OH is 1. The molecule has 0 spiro atoms. The molecule has 2 N–H and O–H groups in total. The second-order valence-electron chi connectivity index (χ2n) is 6.81. The molecule has 0 aromatic rings. The molecule has 1 saturated carbocycles. The van der Waals surface area contributed by atoms with Crippen LogP contribution in [-0.4, -0.2) is 24.2 Å². The van der Waals surface area contributed by atoms with E-state index in [0.717, 1.165) is 25.8 Å². The molecule has 1 amide bonds. The fourth-order valence-corrected chi connectivity index (χ4v) is 4.38. The summed E-state index contributed by atoms with van der Waals surface area (Å²) in [5.74, 6) is 3.24. The highest BCUT2D eigenvalue weighted by molar-refractivity contribution is 5.86. The molecule has 6 atom stereocenters. The zero-order valence-corrected chi connectivity index (χ0v) is 14.1. The molecule has 122 valence electrons. The van der Waals surface area contributed by atoms with E-state index < -0.39 is 0 Å². The van der Waals surface area contributed by atoms with Crippen molar-refractivity contribution in [1.82, 2.24) is 5.32 Å². The predicted molar refractivity (Wildman–Crippen MR) is 87.8 cm³/mol. The molecule has 0 bridgehead atoms. The lowest BCUT2D eigenvalue weighted by atomic mass is 9.72. The quantitative estimate of drug-likeness (QED) is 0.675. The molecular formula is C18H33NO2. The fraction of sp³-hybridized carbons (Fsp3) is 0.833. The summed E-state index contributed by atoms with van der Waals surface area (Å²) in [4.78, 5) is 11.5. The first kappa shape index (κ1) is 18.2. The van der Waals surface area contributed by atoms with Crippen molar-refractivity contribution in [2.75, 3.05) is 13.2 Å². The molecule has 1 aliphatic rings. The van der Waals surface area contributed by atoms with E-state index in [4.69, 9.17) is 0 Å². The molecule has 21 heavy (non-hydrogen) atoms. The van der Waals surface area contributed by atoms with E-state index in [1.807, 2.05) is 0 Å². The van der Waals surface area contributed by atoms with E-state index in [2.05, 4.69) is 39.6 Å². The van der Waals surface area contributed by atoms with Crippen molar-refractivity contribution in [1.29, 1.82) is 0 Å². The topological polar surface area (TPSA) is 49.3 Å². The van der Waals surface area contributed by atoms with Crippen molar-refractivity contribution in [2.24, 2.45) is 35.5 Å². The van der Waals surface area contributed by atoms with Gasteiger partial charge >= 0.3 is 0 Å². The minimum atomic E-state index is -0.0791. The zero-order valence-electron chi connectivity index (χ0n) is 14.1. The lowest BCUT2D eigenvalue weighted by molar-refractivity contribution is -0.116. The van der Waals surface area contributed by atoms with Crippen LogP contribution in [0.15, 0.2) is 12.7 Å². The molecule has 1 rings (SSSR count). The van der Waals surface area contributed by atoms with Gasteiger partial charge in [0.15, 0.2) is 0 Å². The third-order valence-corrected chi connectivity index (χ3v) is 5.63. The molecular weight excluding hydrogens is 262 g/mol. The molecule has 0 aliphatic heterocycles. The number of rotatable bonds is 8. The molecule has 3 nitrogen and oxygen atoms in total. The van der Waals surface area contributed by atoms with Crippen molar-refractivity contribution in [3.8, 4) is 0 Å². The van der Waals surface area contributed by atoms with Crippen molar-refractivity contribution >= 4 is 5.91 Å². The summed E-state index contributed by atoms with van der Waals surface area (Å²) in [6.45, 7) is 13.5. The number of carbonyl (C=O) groups excluding carboxylic acids is 1. The van der Waals surface area contributed by atoms with Gasteiger partial charge in [-0.25, -0.2) is 0 Å². The third-order valence-electron chi connectivity index (χ3n) is 5.63. The normalized spacial score (nSPS) is 31.7. The first-order valence-corrected chi connectivity index (χ1v) is 8.51. The number of hydrogen-bond donors (Lipinski definition) is 2. The predicted octanol–water partition coefficient (Wildman–Crippen LogP) is 3.24. The molecule has 0 aromatic heterocycles. The third kappa shape index (κ3) is 4.32. The van der Waals surface area contributed by atoms with Gasteiger partial charge in [0.2, 0.25) is 5.91 Å². The highest BCUT2D eigenvalue weighted by atomic mass is 16.3. The second-order valence-corrected chi connectivity index (χ2v) is 6.81. The maximum Gasteiger partial charge on any atom is 0.243 e. The lowest BCUT2D eigenvalue weighted by Crippen LogP contribution is -2.35. The van der Waals surface area contributed by atoms with Crippen LogP contribution >= 0.6 is 0 Å². The van der Waals surface area contributed by atoms with Gasteiger partial charge in [-0.1, -0.05) is 47.1 Å². The zero-order chi connectivity index (χ0) is 16.0. The molecule has 1 aliphatic carbocycles. The maximum atomic E-state index is 11.5. The van der Waals surface area contributed by atoms with Crippen LogP contribution in [0.2, 0.25) is 0 Å². The minimum absolute atomic E-state index is 0.0791. The lowest BCUT2D eigenvalue weighted by Gasteiger charge is -2.35. The Kier molecular flexibility index (Phi) is 7.44. The number of nitrogens with one attached hydrogen (secondary N) is 1. The van der Waals surface area contributed by atoms with Crippen molar-refractivity contribution in [3.63, 3.8) is 0 Å². The van der Waals surface area contributed by atoms with Gasteiger partial charge in [0.1, 0.15) is 0 Å². The van der Waals surface area contributed by atoms with E-state index in [-0.39, 0.29) is 12.5 Å². The van der Waals surface area contributed by atoms with Crippen LogP contribution in [0.1, 0.15) is 47.0 Å². The van der Waals surface area contributed by atoms with Gasteiger partial charge in [-0.2, -0.15) is 0 Å². The standard InChI is InChI=1S/C18H33NO2/c1-6-12(4)17-15(10-19-16(21)8-3)9-14(7-2)18(17)13(5)11-20/h8,12-15,17-18,20H,3,6-7,9-11H2,1-2,4-5H3,(H,19,21). The van der Waals surface area contributed by atoms with Gasteiger partial charge in [0.25, 0.3) is 0 Å². The number of aliphatic hydroxyl groups is 1. The molecule has 1 fully saturated rings. The molecule has 0 aromatic carbocycles. The summed E-state index contributed by atoms with van der Waals surface area (Å²) in [5, 5.41) is 12.6. The van der Waals surface area contributed by atoms with E-state index in [0.29, 0.717) is 35.5 Å². The van der Waals surface area contributed by atoms with Gasteiger partial charge in [0, 0.05) is 13.2 Å². The van der Waals surface area contributed by atoms with Crippen LogP contribution in [0.25, 0.3) is 0 Å². The van der Waals surface area contributed by atoms with Gasteiger partial charge in [-0.3, -0.25) is 4.79 Å². The Morgan fingerprint density at radius 3 is 2.38 bits per heavy atom. The highest BCUT2D eigenvalue weighted by Crippen LogP contribution is 2.50. The van der Waals surface area contributed by atoms with Crippen molar-refractivity contribution in [3.05, 3.63) is 12.7 Å². The fourth-order valence-electron chi connectivity index (χ4n) is 4.38. The van der Waals surface area contributed by atoms with Gasteiger partial charge in [-0.05, 0) is 48.0 Å². The number of amides is 1. The second kappa shape index (κ2) is 8.57. The molecule has 0 heterocycles. The SMILES string of the molecule is C=CC(=O)NCC1CC(CC)C(C(C)CO)C1C(C)CC. The Labute approximate surface area is 130 Å². The van der Waals surface area contributed by atoms with Crippen LogP contribution < -0.4 is 5.32 Å². The number of carbonyl (C=O) groups is 1. The Morgan fingerprint density at radius 2 is 1.90 bits per heavy atom. The Morgan fingerprint density at radius 1 is 1.29 bits per heavy atom. The summed E-state index contributed by atoms with van der Waals surface area (Å²) in [7, 11) is 0. The monoisotopic (exact) mass is 295 g/mol. The van der Waals surface area contributed by atoms with Gasteiger partial charge in [-0.15, -0.1) is 0 Å². The van der Waals surface area contributed by atoms with Crippen LogP contribution in [0, 0.1) is 35.5 Å². The van der Waals surface area contributed by atoms with Crippen molar-refractivity contribution in [2.45, 2.75) is 47.0 Å². The summed E-state index contributed by atoms with van der Waals surface area (Å²) < 4.78 is 0. The van der Waals surface area contributed by atoms with Gasteiger partial charge < -0.3 is 10.4 Å². The first-order valence-electron chi connectivity index (χ1n) is 8.51. The van der Waals surface area contributed by atoms with E-state index in [9.17, 15) is 9.90 Å². The van der Waals surface area contributed by atoms with Crippen LogP contribution in [-0.2, 0) is 4.79 Å². The van der Waals surface area contributed by atoms with Crippen LogP contribution in [0.4, 0.5) is 0 Å². The first-order chi connectivity index (χ1) is 9.99. The van der Waals surface area contributed by atoms with E-state index in [1.165, 1.54) is 6.08 Å². The molecule has 0 radical (unpaired) electrons. The van der Waals surface area contributed by atoms with E-state index in [1.54, 1.807) is 0 Å². The molecule has 3 heteroatoms. The van der Waals surface area contributed by atoms with Crippen LogP contribution in [0.3, 0.4) is 0 Å². The Hall–Kier alpha value is -0.830. The summed E-state index contributed by atoms with van der Waals surface area (Å²) in [6.07, 6.45) is 4.83. The average molecular weight is 295 g/mol. The van der Waals surface area contributed by atoms with Gasteiger partial charge in [0.05, 0.1) is 0 Å². The highest BCUT2D eigenvalue weighted by Gasteiger charge is 2.46. The smallest absolute Gasteiger partial charge is 0.243 e. The Bertz CT molecular complexity index is 342. The summed E-state index contributed by atoms with van der Waals surface area (Å²) in [5.41, 5.74) is 0. The Balaban J connectivity index is 2.90. The largest absolute Gasteiger partial charge is 0.396 e. The molecule has 6 unspecified atom stereocenters. The minimum Gasteiger partial charge on any atom is -0.396 e. The summed E-state index contributed by atoms with van der Waals surface area (Å²) in [6, 6.07) is 0. The summed E-state index contributed by atoms with van der Waals surface area (Å²) >= 11 is 0. The number of hydrogen-bond acceptors (Lipinski definition) is 2. The van der Waals surface area contributed by atoms with Crippen LogP contribution in [0.5, 0.6) is 0 Å². The van der Waals surface area contributed by atoms with Crippen molar-refractivity contribution < 1.29 is 9.90 Å². The maximum absolute atomic E-state index is 11.5. The van der Waals surface area contributed by atoms with E-state index >= 15 is 0 Å².